The summed E-state index contributed by atoms with van der Waals surface area (Å²) in [5.74, 6) is 1.36. The first-order valence-electron chi connectivity index (χ1n) is 7.12. The molecule has 0 aliphatic carbocycles. The van der Waals surface area contributed by atoms with Crippen LogP contribution >= 0.6 is 0 Å². The van der Waals surface area contributed by atoms with Gasteiger partial charge in [-0.1, -0.05) is 0 Å². The van der Waals surface area contributed by atoms with Crippen LogP contribution in [0.3, 0.4) is 0 Å². The van der Waals surface area contributed by atoms with Gasteiger partial charge in [0.2, 0.25) is 5.89 Å². The molecule has 20 heavy (non-hydrogen) atoms. The first kappa shape index (κ1) is 13.4. The Kier molecular flexibility index (Phi) is 3.89. The molecular weight excluding hydrogens is 254 g/mol. The van der Waals surface area contributed by atoms with Gasteiger partial charge in [-0.25, -0.2) is 4.98 Å². The highest BCUT2D eigenvalue weighted by Crippen LogP contribution is 2.20. The molecule has 1 saturated heterocycles. The maximum absolute atomic E-state index is 5.75. The van der Waals surface area contributed by atoms with Crippen molar-refractivity contribution in [3.8, 4) is 0 Å². The molecule has 1 atom stereocenters. The van der Waals surface area contributed by atoms with Crippen LogP contribution < -0.4 is 5.73 Å². The fourth-order valence-corrected chi connectivity index (χ4v) is 2.75. The Morgan fingerprint density at radius 2 is 2.35 bits per heavy atom. The summed E-state index contributed by atoms with van der Waals surface area (Å²) in [6.45, 7) is 3.51. The maximum atomic E-state index is 5.75. The zero-order chi connectivity index (χ0) is 13.9. The predicted molar refractivity (Wildman–Crippen MR) is 78.3 cm³/mol. The van der Waals surface area contributed by atoms with Crippen LogP contribution in [0, 0.1) is 5.92 Å². The number of hydrogen-bond donors (Lipinski definition) is 1. The highest BCUT2D eigenvalue weighted by molar-refractivity contribution is 5.76. The van der Waals surface area contributed by atoms with Gasteiger partial charge in [-0.15, -0.1) is 0 Å². The highest BCUT2D eigenvalue weighted by atomic mass is 16.5. The molecule has 1 aliphatic rings. The van der Waals surface area contributed by atoms with Crippen molar-refractivity contribution in [3.05, 3.63) is 24.1 Å². The Balaban J connectivity index is 1.63. The van der Waals surface area contributed by atoms with E-state index in [4.69, 9.17) is 14.9 Å². The van der Waals surface area contributed by atoms with E-state index in [-0.39, 0.29) is 0 Å². The number of anilines is 1. The van der Waals surface area contributed by atoms with Gasteiger partial charge in [-0.2, -0.15) is 0 Å². The molecule has 0 saturated carbocycles. The number of oxazole rings is 1. The number of ether oxygens (including phenoxy) is 1. The first-order chi connectivity index (χ1) is 9.70. The molecule has 0 bridgehead atoms. The van der Waals surface area contributed by atoms with E-state index in [0.29, 0.717) is 18.2 Å². The second-order valence-electron chi connectivity index (χ2n) is 5.61. The Labute approximate surface area is 118 Å². The Morgan fingerprint density at radius 3 is 3.15 bits per heavy atom. The number of aromatic nitrogens is 1. The van der Waals surface area contributed by atoms with Gasteiger partial charge < -0.3 is 14.9 Å². The molecule has 0 amide bonds. The van der Waals surface area contributed by atoms with E-state index < -0.39 is 0 Å². The second kappa shape index (κ2) is 5.81. The number of benzene rings is 1. The summed E-state index contributed by atoms with van der Waals surface area (Å²) >= 11 is 0. The minimum atomic E-state index is 0.619. The van der Waals surface area contributed by atoms with Crippen LogP contribution in [0.4, 0.5) is 5.69 Å². The number of hydrogen-bond acceptors (Lipinski definition) is 5. The van der Waals surface area contributed by atoms with E-state index in [1.54, 1.807) is 0 Å². The summed E-state index contributed by atoms with van der Waals surface area (Å²) in [6, 6.07) is 5.55. The molecule has 0 radical (unpaired) electrons. The molecule has 1 aliphatic heterocycles. The van der Waals surface area contributed by atoms with E-state index in [1.165, 1.54) is 12.8 Å². The van der Waals surface area contributed by atoms with Crippen LogP contribution in [0.1, 0.15) is 18.7 Å². The van der Waals surface area contributed by atoms with E-state index in [0.717, 1.165) is 36.7 Å². The molecule has 1 fully saturated rings. The van der Waals surface area contributed by atoms with Crippen LogP contribution in [0.2, 0.25) is 0 Å². The average molecular weight is 275 g/mol. The van der Waals surface area contributed by atoms with E-state index in [9.17, 15) is 0 Å². The third-order valence-electron chi connectivity index (χ3n) is 3.69. The summed E-state index contributed by atoms with van der Waals surface area (Å²) in [6.07, 6.45) is 2.41. The second-order valence-corrected chi connectivity index (χ2v) is 5.61. The van der Waals surface area contributed by atoms with Gasteiger partial charge in [0.25, 0.3) is 0 Å². The normalized spacial score (nSPS) is 19.8. The Hall–Kier alpha value is -1.59. The van der Waals surface area contributed by atoms with Gasteiger partial charge in [0.05, 0.1) is 13.2 Å². The van der Waals surface area contributed by atoms with Crippen LogP contribution in [0.25, 0.3) is 11.1 Å². The van der Waals surface area contributed by atoms with Crippen LogP contribution in [0.15, 0.2) is 22.6 Å². The van der Waals surface area contributed by atoms with Gasteiger partial charge in [0.15, 0.2) is 5.58 Å². The van der Waals surface area contributed by atoms with Crippen molar-refractivity contribution in [1.82, 2.24) is 9.88 Å². The zero-order valence-electron chi connectivity index (χ0n) is 11.8. The quantitative estimate of drug-likeness (QED) is 0.867. The lowest BCUT2D eigenvalue weighted by atomic mass is 10.0. The van der Waals surface area contributed by atoms with Gasteiger partial charge in [-0.05, 0) is 44.0 Å². The average Bonchev–Trinajstić information content (AvgIpc) is 2.80. The Morgan fingerprint density at radius 1 is 1.45 bits per heavy atom. The molecule has 2 N–H and O–H groups in total. The van der Waals surface area contributed by atoms with Crippen molar-refractivity contribution in [2.45, 2.75) is 19.4 Å². The Bertz CT molecular complexity index is 576. The standard InChI is InChI=1S/C15H21N3O2/c1-18(8-11-3-2-6-19-10-11)9-15-17-13-7-12(16)4-5-14(13)20-15/h4-5,7,11H,2-3,6,8-10,16H2,1H3. The number of rotatable bonds is 4. The molecule has 5 nitrogen and oxygen atoms in total. The summed E-state index contributed by atoms with van der Waals surface area (Å²) in [4.78, 5) is 6.73. The highest BCUT2D eigenvalue weighted by Gasteiger charge is 2.17. The predicted octanol–water partition coefficient (Wildman–Crippen LogP) is 2.27. The number of nitrogens with zero attached hydrogens (tertiary/aromatic N) is 2. The van der Waals surface area contributed by atoms with Crippen molar-refractivity contribution in [3.63, 3.8) is 0 Å². The van der Waals surface area contributed by atoms with Gasteiger partial charge in [0, 0.05) is 18.8 Å². The zero-order valence-corrected chi connectivity index (χ0v) is 11.8. The fourth-order valence-electron chi connectivity index (χ4n) is 2.75. The van der Waals surface area contributed by atoms with Gasteiger partial charge in [-0.3, -0.25) is 4.90 Å². The van der Waals surface area contributed by atoms with Crippen LogP contribution in [-0.2, 0) is 11.3 Å². The minimum absolute atomic E-state index is 0.619. The molecule has 108 valence electrons. The van der Waals surface area contributed by atoms with Gasteiger partial charge in [0.1, 0.15) is 5.52 Å². The smallest absolute Gasteiger partial charge is 0.209 e. The summed E-state index contributed by atoms with van der Waals surface area (Å²) in [5.41, 5.74) is 8.09. The minimum Gasteiger partial charge on any atom is -0.439 e. The first-order valence-corrected chi connectivity index (χ1v) is 7.12. The molecule has 0 spiro atoms. The van der Waals surface area contributed by atoms with Gasteiger partial charge >= 0.3 is 0 Å². The van der Waals surface area contributed by atoms with Crippen molar-refractivity contribution < 1.29 is 9.15 Å². The molecule has 1 unspecified atom stereocenters. The van der Waals surface area contributed by atoms with Crippen molar-refractivity contribution >= 4 is 16.8 Å². The molecule has 1 aromatic heterocycles. The SMILES string of the molecule is CN(Cc1nc2cc(N)ccc2o1)CC1CCCOC1. The number of fused-ring (bicyclic) bond motifs is 1. The molecule has 5 heteroatoms. The van der Waals surface area contributed by atoms with E-state index in [1.807, 2.05) is 18.2 Å². The summed E-state index contributed by atoms with van der Waals surface area (Å²) in [7, 11) is 2.10. The topological polar surface area (TPSA) is 64.5 Å². The lowest BCUT2D eigenvalue weighted by Crippen LogP contribution is -2.30. The molecular formula is C15H21N3O2. The van der Waals surface area contributed by atoms with Crippen LogP contribution in [0.5, 0.6) is 0 Å². The molecule has 3 rings (SSSR count). The van der Waals surface area contributed by atoms with E-state index in [2.05, 4.69) is 16.9 Å². The fraction of sp³-hybridized carbons (Fsp3) is 0.533. The van der Waals surface area contributed by atoms with Crippen molar-refractivity contribution in [1.29, 1.82) is 0 Å². The molecule has 1 aromatic carbocycles. The third kappa shape index (κ3) is 3.11. The van der Waals surface area contributed by atoms with Crippen LogP contribution in [-0.4, -0.2) is 36.7 Å². The largest absolute Gasteiger partial charge is 0.439 e. The lowest BCUT2D eigenvalue weighted by molar-refractivity contribution is 0.0402. The third-order valence-corrected chi connectivity index (χ3v) is 3.69. The summed E-state index contributed by atoms with van der Waals surface area (Å²) < 4.78 is 11.3. The number of nitrogen functional groups attached to an aromatic ring is 1. The molecule has 2 aromatic rings. The summed E-state index contributed by atoms with van der Waals surface area (Å²) in [5, 5.41) is 0. The monoisotopic (exact) mass is 275 g/mol. The maximum Gasteiger partial charge on any atom is 0.209 e. The number of nitrogens with two attached hydrogens (primary N) is 1. The lowest BCUT2D eigenvalue weighted by Gasteiger charge is -2.26. The van der Waals surface area contributed by atoms with Crippen molar-refractivity contribution in [2.24, 2.45) is 5.92 Å². The van der Waals surface area contributed by atoms with E-state index >= 15 is 0 Å². The van der Waals surface area contributed by atoms with Crippen molar-refractivity contribution in [2.75, 3.05) is 32.5 Å². The molecule has 2 heterocycles.